The van der Waals surface area contributed by atoms with Gasteiger partial charge in [-0.05, 0) is 38.1 Å². The highest BCUT2D eigenvalue weighted by molar-refractivity contribution is 5.97. The van der Waals surface area contributed by atoms with E-state index in [0.29, 0.717) is 23.4 Å². The first-order chi connectivity index (χ1) is 14.2. The number of nitrogens with zero attached hydrogens (tertiary/aromatic N) is 1. The summed E-state index contributed by atoms with van der Waals surface area (Å²) < 4.78 is 46.2. The number of methoxy groups -OCH3 is 1. The third kappa shape index (κ3) is 4.03. The van der Waals surface area contributed by atoms with E-state index in [1.165, 1.54) is 19.4 Å². The van der Waals surface area contributed by atoms with Crippen molar-refractivity contribution in [3.63, 3.8) is 0 Å². The number of nitrogens with one attached hydrogen (secondary N) is 1. The lowest BCUT2D eigenvalue weighted by atomic mass is 10.0. The molecule has 3 aromatic rings. The molecule has 1 atom stereocenters. The lowest BCUT2D eigenvalue weighted by Gasteiger charge is -2.18. The molecule has 0 unspecified atom stereocenters. The zero-order chi connectivity index (χ0) is 22.1. The first-order valence-corrected chi connectivity index (χ1v) is 9.35. The van der Waals surface area contributed by atoms with E-state index in [-0.39, 0.29) is 10.9 Å². The molecule has 0 saturated carbocycles. The number of halogens is 3. The van der Waals surface area contributed by atoms with E-state index in [1.54, 1.807) is 42.7 Å². The number of hydrogen-bond acceptors (Lipinski definition) is 3. The average molecular weight is 418 g/mol. The van der Waals surface area contributed by atoms with Crippen LogP contribution in [0.15, 0.2) is 53.5 Å². The predicted molar refractivity (Wildman–Crippen MR) is 108 cm³/mol. The van der Waals surface area contributed by atoms with Crippen molar-refractivity contribution in [3.8, 4) is 5.75 Å². The molecule has 5 nitrogen and oxygen atoms in total. The Bertz CT molecular complexity index is 1150. The topological polar surface area (TPSA) is 60.3 Å². The summed E-state index contributed by atoms with van der Waals surface area (Å²) >= 11 is 0. The fraction of sp³-hybridized carbons (Fsp3) is 0.273. The van der Waals surface area contributed by atoms with E-state index in [0.717, 1.165) is 12.1 Å². The Morgan fingerprint density at radius 2 is 1.90 bits per heavy atom. The molecule has 0 spiro atoms. The zero-order valence-electron chi connectivity index (χ0n) is 16.7. The molecule has 158 valence electrons. The number of hydrogen-bond donors (Lipinski definition) is 1. The molecule has 1 heterocycles. The molecule has 3 rings (SSSR count). The number of rotatable bonds is 5. The summed E-state index contributed by atoms with van der Waals surface area (Å²) in [6.45, 7) is 3.89. The van der Waals surface area contributed by atoms with E-state index in [9.17, 15) is 22.8 Å². The molecule has 0 saturated heterocycles. The van der Waals surface area contributed by atoms with Gasteiger partial charge in [-0.2, -0.15) is 13.2 Å². The maximum Gasteiger partial charge on any atom is 0.416 e. The van der Waals surface area contributed by atoms with Crippen LogP contribution in [0.3, 0.4) is 0 Å². The summed E-state index contributed by atoms with van der Waals surface area (Å²) in [5.41, 5.74) is -0.847. The van der Waals surface area contributed by atoms with Gasteiger partial charge in [0.2, 0.25) is 5.43 Å². The summed E-state index contributed by atoms with van der Waals surface area (Å²) in [6, 6.07) is 9.60. The molecule has 0 aliphatic carbocycles. The predicted octanol–water partition coefficient (Wildman–Crippen LogP) is 4.54. The molecular weight excluding hydrogens is 397 g/mol. The number of carbonyl (C=O) groups is 1. The monoisotopic (exact) mass is 418 g/mol. The number of pyridine rings is 1. The minimum atomic E-state index is -4.59. The summed E-state index contributed by atoms with van der Waals surface area (Å²) in [4.78, 5) is 25.7. The highest BCUT2D eigenvalue weighted by Gasteiger charge is 2.31. The molecule has 1 amide bonds. The lowest BCUT2D eigenvalue weighted by molar-refractivity contribution is -0.137. The minimum absolute atomic E-state index is 0.149. The second-order valence-corrected chi connectivity index (χ2v) is 6.82. The van der Waals surface area contributed by atoms with Gasteiger partial charge < -0.3 is 14.6 Å². The summed E-state index contributed by atoms with van der Waals surface area (Å²) in [5.74, 6) is -0.0930. The first kappa shape index (κ1) is 21.4. The number of aryl methyl sites for hydroxylation is 1. The van der Waals surface area contributed by atoms with Gasteiger partial charge in [-0.1, -0.05) is 18.2 Å². The minimum Gasteiger partial charge on any atom is -0.496 e. The Labute approximate surface area is 171 Å². The Hall–Kier alpha value is -3.29. The number of carbonyl (C=O) groups excluding carboxylic acids is 1. The molecular formula is C22H21F3N2O3. The second-order valence-electron chi connectivity index (χ2n) is 6.82. The lowest BCUT2D eigenvalue weighted by Crippen LogP contribution is -2.32. The molecule has 0 aliphatic rings. The Morgan fingerprint density at radius 3 is 2.53 bits per heavy atom. The summed E-state index contributed by atoms with van der Waals surface area (Å²) in [7, 11) is 1.51. The quantitative estimate of drug-likeness (QED) is 0.662. The molecule has 0 bridgehead atoms. The van der Waals surface area contributed by atoms with Crippen LogP contribution in [0.2, 0.25) is 0 Å². The first-order valence-electron chi connectivity index (χ1n) is 9.35. The van der Waals surface area contributed by atoms with Crippen LogP contribution < -0.4 is 15.5 Å². The highest BCUT2D eigenvalue weighted by Crippen LogP contribution is 2.31. The van der Waals surface area contributed by atoms with Gasteiger partial charge in [-0.15, -0.1) is 0 Å². The fourth-order valence-electron chi connectivity index (χ4n) is 3.37. The molecule has 1 N–H and O–H groups in total. The number of fused-ring (bicyclic) bond motifs is 1. The van der Waals surface area contributed by atoms with Crippen LogP contribution in [0.4, 0.5) is 13.2 Å². The van der Waals surface area contributed by atoms with Gasteiger partial charge in [0.15, 0.2) is 0 Å². The van der Waals surface area contributed by atoms with Gasteiger partial charge in [-0.25, -0.2) is 0 Å². The van der Waals surface area contributed by atoms with E-state index < -0.39 is 29.1 Å². The normalized spacial score (nSPS) is 12.6. The number of para-hydroxylation sites is 1. The van der Waals surface area contributed by atoms with Crippen LogP contribution in [0, 0.1) is 0 Å². The standard InChI is InChI=1S/C22H21F3N2O3/c1-4-27-12-17(20(28)16-11-14(22(23,24)25)9-10-18(16)27)21(29)26-13(2)15-7-5-6-8-19(15)30-3/h5-13H,4H2,1-3H3,(H,26,29)/t13-/m0/s1. The second kappa shape index (κ2) is 8.22. The van der Waals surface area contributed by atoms with Crippen molar-refractivity contribution in [1.29, 1.82) is 0 Å². The third-order valence-electron chi connectivity index (χ3n) is 4.95. The van der Waals surface area contributed by atoms with Crippen molar-refractivity contribution in [2.45, 2.75) is 32.6 Å². The highest BCUT2D eigenvalue weighted by atomic mass is 19.4. The van der Waals surface area contributed by atoms with Crippen LogP contribution in [-0.4, -0.2) is 17.6 Å². The van der Waals surface area contributed by atoms with Crippen molar-refractivity contribution >= 4 is 16.8 Å². The van der Waals surface area contributed by atoms with Gasteiger partial charge in [0.1, 0.15) is 11.3 Å². The van der Waals surface area contributed by atoms with Crippen LogP contribution in [0.1, 0.15) is 41.4 Å². The van der Waals surface area contributed by atoms with Crippen LogP contribution >= 0.6 is 0 Å². The van der Waals surface area contributed by atoms with E-state index in [4.69, 9.17) is 4.74 Å². The van der Waals surface area contributed by atoms with Crippen LogP contribution in [0.25, 0.3) is 10.9 Å². The molecule has 1 aromatic heterocycles. The number of benzene rings is 2. The molecule has 8 heteroatoms. The molecule has 2 aromatic carbocycles. The van der Waals surface area contributed by atoms with Crippen LogP contribution in [0.5, 0.6) is 5.75 Å². The maximum atomic E-state index is 13.1. The van der Waals surface area contributed by atoms with Crippen molar-refractivity contribution in [2.75, 3.05) is 7.11 Å². The molecule has 0 radical (unpaired) electrons. The summed E-state index contributed by atoms with van der Waals surface area (Å²) in [6.07, 6.45) is -3.21. The largest absolute Gasteiger partial charge is 0.496 e. The number of amides is 1. The average Bonchev–Trinajstić information content (AvgIpc) is 2.73. The van der Waals surface area contributed by atoms with Gasteiger partial charge in [-0.3, -0.25) is 9.59 Å². The van der Waals surface area contributed by atoms with Gasteiger partial charge in [0.05, 0.1) is 24.2 Å². The molecule has 30 heavy (non-hydrogen) atoms. The van der Waals surface area contributed by atoms with Crippen molar-refractivity contribution in [3.05, 3.63) is 75.6 Å². The molecule has 0 fully saturated rings. The Balaban J connectivity index is 2.05. The van der Waals surface area contributed by atoms with Crippen LogP contribution in [-0.2, 0) is 12.7 Å². The van der Waals surface area contributed by atoms with Gasteiger partial charge in [0, 0.05) is 23.7 Å². The van der Waals surface area contributed by atoms with E-state index in [2.05, 4.69) is 5.32 Å². The zero-order valence-corrected chi connectivity index (χ0v) is 16.7. The number of aromatic nitrogens is 1. The number of ether oxygens (including phenoxy) is 1. The molecule has 0 aliphatic heterocycles. The van der Waals surface area contributed by atoms with E-state index in [1.807, 2.05) is 0 Å². The van der Waals surface area contributed by atoms with Gasteiger partial charge >= 0.3 is 6.18 Å². The van der Waals surface area contributed by atoms with Crippen molar-refractivity contribution in [2.24, 2.45) is 0 Å². The summed E-state index contributed by atoms with van der Waals surface area (Å²) in [5, 5.41) is 2.59. The van der Waals surface area contributed by atoms with Crippen molar-refractivity contribution in [1.82, 2.24) is 9.88 Å². The van der Waals surface area contributed by atoms with Gasteiger partial charge in [0.25, 0.3) is 5.91 Å². The third-order valence-corrected chi connectivity index (χ3v) is 4.95. The fourth-order valence-corrected chi connectivity index (χ4v) is 3.37. The smallest absolute Gasteiger partial charge is 0.416 e. The maximum absolute atomic E-state index is 13.1. The number of alkyl halides is 3. The Morgan fingerprint density at radius 1 is 1.20 bits per heavy atom. The Kier molecular flexibility index (Phi) is 5.87. The van der Waals surface area contributed by atoms with Crippen molar-refractivity contribution < 1.29 is 22.7 Å². The SMILES string of the molecule is CCn1cc(C(=O)N[C@@H](C)c2ccccc2OC)c(=O)c2cc(C(F)(F)F)ccc21. The van der Waals surface area contributed by atoms with E-state index >= 15 is 0 Å².